The Bertz CT molecular complexity index is 657. The Kier molecular flexibility index (Phi) is 7.60. The molecule has 2 amide bonds. The summed E-state index contributed by atoms with van der Waals surface area (Å²) >= 11 is 0. The normalized spacial score (nSPS) is 28.7. The highest BCUT2D eigenvalue weighted by Crippen LogP contribution is 2.21. The first-order chi connectivity index (χ1) is 13.9. The van der Waals surface area contributed by atoms with Crippen LogP contribution < -0.4 is 5.32 Å². The van der Waals surface area contributed by atoms with Gasteiger partial charge in [0.2, 0.25) is 11.8 Å². The summed E-state index contributed by atoms with van der Waals surface area (Å²) in [6, 6.07) is 0.0826. The fourth-order valence-corrected chi connectivity index (χ4v) is 4.40. The molecule has 2 fully saturated rings. The molecule has 9 nitrogen and oxygen atoms in total. The predicted molar refractivity (Wildman–Crippen MR) is 108 cm³/mol. The second kappa shape index (κ2) is 10.2. The number of likely N-dealkylation sites (tertiary alicyclic amines) is 1. The molecular weight excluding hydrogens is 372 g/mol. The molecule has 2 saturated heterocycles. The van der Waals surface area contributed by atoms with Crippen molar-refractivity contribution >= 4 is 11.8 Å². The summed E-state index contributed by atoms with van der Waals surface area (Å²) in [5.74, 6) is 0.259. The molecule has 2 aliphatic rings. The lowest BCUT2D eigenvalue weighted by Gasteiger charge is -2.37. The van der Waals surface area contributed by atoms with Crippen LogP contribution in [0.1, 0.15) is 39.5 Å². The van der Waals surface area contributed by atoms with Gasteiger partial charge in [0, 0.05) is 45.2 Å². The van der Waals surface area contributed by atoms with E-state index >= 15 is 0 Å². The second-order valence-corrected chi connectivity index (χ2v) is 8.52. The minimum Gasteiger partial charge on any atom is -0.372 e. The van der Waals surface area contributed by atoms with Gasteiger partial charge in [-0.25, -0.2) is 4.98 Å². The highest BCUT2D eigenvalue weighted by atomic mass is 16.5. The first-order valence-corrected chi connectivity index (χ1v) is 10.6. The van der Waals surface area contributed by atoms with Crippen molar-refractivity contribution in [2.75, 3.05) is 33.2 Å². The van der Waals surface area contributed by atoms with Gasteiger partial charge in [-0.15, -0.1) is 0 Å². The standard InChI is InChI=1S/C20H34N6O3/c1-15-9-25(10-16(2)29-15)20(28)17-6-7-18(12-24(3)11-17)23-19(27)5-4-8-26-14-21-13-22-26/h13-18H,4-12H2,1-3H3,(H,23,27)/t15-,16+,17-,18+/m1/s1. The maximum atomic E-state index is 13.1. The highest BCUT2D eigenvalue weighted by Gasteiger charge is 2.33. The van der Waals surface area contributed by atoms with Crippen LogP contribution in [0.5, 0.6) is 0 Å². The number of ether oxygens (including phenoxy) is 1. The molecule has 0 radical (unpaired) electrons. The second-order valence-electron chi connectivity index (χ2n) is 8.52. The Morgan fingerprint density at radius 1 is 1.14 bits per heavy atom. The number of likely N-dealkylation sites (N-methyl/N-ethyl adjacent to an activating group) is 1. The maximum Gasteiger partial charge on any atom is 0.227 e. The molecule has 0 unspecified atom stereocenters. The van der Waals surface area contributed by atoms with Gasteiger partial charge in [-0.3, -0.25) is 14.3 Å². The number of nitrogens with zero attached hydrogens (tertiary/aromatic N) is 5. The molecule has 3 rings (SSSR count). The van der Waals surface area contributed by atoms with Crippen LogP contribution in [0.3, 0.4) is 0 Å². The molecule has 0 aliphatic carbocycles. The zero-order valence-electron chi connectivity index (χ0n) is 17.8. The van der Waals surface area contributed by atoms with E-state index in [9.17, 15) is 9.59 Å². The quantitative estimate of drug-likeness (QED) is 0.741. The van der Waals surface area contributed by atoms with E-state index in [1.165, 1.54) is 6.33 Å². The lowest BCUT2D eigenvalue weighted by molar-refractivity contribution is -0.148. The van der Waals surface area contributed by atoms with E-state index in [-0.39, 0.29) is 36.0 Å². The van der Waals surface area contributed by atoms with Gasteiger partial charge in [-0.05, 0) is 40.2 Å². The van der Waals surface area contributed by atoms with Crippen molar-refractivity contribution in [2.45, 2.75) is 64.3 Å². The topological polar surface area (TPSA) is 92.6 Å². The maximum absolute atomic E-state index is 13.1. The van der Waals surface area contributed by atoms with Crippen LogP contribution in [-0.2, 0) is 20.9 Å². The molecule has 4 atom stereocenters. The number of hydrogen-bond donors (Lipinski definition) is 1. The largest absolute Gasteiger partial charge is 0.372 e. The molecule has 1 aromatic rings. The van der Waals surface area contributed by atoms with Crippen molar-refractivity contribution in [3.8, 4) is 0 Å². The Morgan fingerprint density at radius 3 is 2.59 bits per heavy atom. The van der Waals surface area contributed by atoms with Crippen LogP contribution in [0.4, 0.5) is 0 Å². The number of carbonyl (C=O) groups is 2. The van der Waals surface area contributed by atoms with Gasteiger partial charge >= 0.3 is 0 Å². The number of hydrogen-bond acceptors (Lipinski definition) is 6. The molecule has 0 spiro atoms. The van der Waals surface area contributed by atoms with Gasteiger partial charge in [0.1, 0.15) is 12.7 Å². The van der Waals surface area contributed by atoms with E-state index in [1.54, 1.807) is 11.0 Å². The zero-order chi connectivity index (χ0) is 20.8. The number of carbonyl (C=O) groups excluding carboxylic acids is 2. The van der Waals surface area contributed by atoms with Crippen molar-refractivity contribution in [3.63, 3.8) is 0 Å². The van der Waals surface area contributed by atoms with Crippen LogP contribution in [0.15, 0.2) is 12.7 Å². The van der Waals surface area contributed by atoms with Crippen LogP contribution in [0.25, 0.3) is 0 Å². The van der Waals surface area contributed by atoms with Crippen LogP contribution in [-0.4, -0.2) is 87.9 Å². The molecule has 162 valence electrons. The third-order valence-corrected chi connectivity index (χ3v) is 5.63. The van der Waals surface area contributed by atoms with Crippen LogP contribution >= 0.6 is 0 Å². The number of amides is 2. The molecule has 2 aliphatic heterocycles. The van der Waals surface area contributed by atoms with E-state index in [1.807, 2.05) is 25.8 Å². The molecule has 9 heteroatoms. The molecule has 29 heavy (non-hydrogen) atoms. The summed E-state index contributed by atoms with van der Waals surface area (Å²) in [7, 11) is 2.03. The zero-order valence-corrected chi connectivity index (χ0v) is 17.8. The Labute approximate surface area is 172 Å². The number of morpholine rings is 1. The molecule has 0 aromatic carbocycles. The van der Waals surface area contributed by atoms with Gasteiger partial charge in [0.25, 0.3) is 0 Å². The number of nitrogens with one attached hydrogen (secondary N) is 1. The van der Waals surface area contributed by atoms with E-state index in [4.69, 9.17) is 4.74 Å². The summed E-state index contributed by atoms with van der Waals surface area (Å²) in [4.78, 5) is 33.4. The lowest BCUT2D eigenvalue weighted by Crippen LogP contribution is -2.51. The molecule has 1 aromatic heterocycles. The first kappa shape index (κ1) is 21.7. The van der Waals surface area contributed by atoms with E-state index in [0.29, 0.717) is 26.1 Å². The van der Waals surface area contributed by atoms with Gasteiger partial charge in [-0.2, -0.15) is 5.10 Å². The first-order valence-electron chi connectivity index (χ1n) is 10.6. The summed E-state index contributed by atoms with van der Waals surface area (Å²) in [5, 5.41) is 7.20. The van der Waals surface area contributed by atoms with Gasteiger partial charge in [-0.1, -0.05) is 0 Å². The smallest absolute Gasteiger partial charge is 0.227 e. The number of rotatable bonds is 6. The van der Waals surface area contributed by atoms with Crippen molar-refractivity contribution in [1.82, 2.24) is 29.9 Å². The van der Waals surface area contributed by atoms with Crippen molar-refractivity contribution in [1.29, 1.82) is 0 Å². The van der Waals surface area contributed by atoms with Crippen molar-refractivity contribution in [2.24, 2.45) is 5.92 Å². The predicted octanol–water partition coefficient (Wildman–Crippen LogP) is 0.521. The third-order valence-electron chi connectivity index (χ3n) is 5.63. The van der Waals surface area contributed by atoms with Gasteiger partial charge < -0.3 is 19.9 Å². The Balaban J connectivity index is 1.45. The third kappa shape index (κ3) is 6.50. The van der Waals surface area contributed by atoms with Gasteiger partial charge in [0.05, 0.1) is 18.1 Å². The van der Waals surface area contributed by atoms with E-state index < -0.39 is 0 Å². The average Bonchev–Trinajstić information content (AvgIpc) is 3.10. The summed E-state index contributed by atoms with van der Waals surface area (Å²) < 4.78 is 7.49. The van der Waals surface area contributed by atoms with E-state index in [2.05, 4.69) is 20.3 Å². The molecule has 1 N–H and O–H groups in total. The number of aryl methyl sites for hydroxylation is 1. The summed E-state index contributed by atoms with van der Waals surface area (Å²) in [6.45, 7) is 7.55. The van der Waals surface area contributed by atoms with E-state index in [0.717, 1.165) is 32.4 Å². The minimum atomic E-state index is -0.0216. The molecule has 0 bridgehead atoms. The molecule has 3 heterocycles. The summed E-state index contributed by atoms with van der Waals surface area (Å²) in [5.41, 5.74) is 0. The van der Waals surface area contributed by atoms with Gasteiger partial charge in [0.15, 0.2) is 0 Å². The number of aromatic nitrogens is 3. The highest BCUT2D eigenvalue weighted by molar-refractivity contribution is 5.79. The lowest BCUT2D eigenvalue weighted by atomic mass is 9.99. The molecule has 0 saturated carbocycles. The average molecular weight is 407 g/mol. The SMILES string of the molecule is C[C@@H]1CN(C(=O)[C@@H]2CC[C@H](NC(=O)CCCn3cncn3)CN(C)C2)C[C@H](C)O1. The minimum absolute atomic E-state index is 0.0216. The Morgan fingerprint density at radius 2 is 1.90 bits per heavy atom. The van der Waals surface area contributed by atoms with Crippen LogP contribution in [0.2, 0.25) is 0 Å². The van der Waals surface area contributed by atoms with Crippen molar-refractivity contribution in [3.05, 3.63) is 12.7 Å². The summed E-state index contributed by atoms with van der Waals surface area (Å²) in [6.07, 6.45) is 6.13. The fourth-order valence-electron chi connectivity index (χ4n) is 4.40. The molecular formula is C20H34N6O3. The van der Waals surface area contributed by atoms with Crippen molar-refractivity contribution < 1.29 is 14.3 Å². The fraction of sp³-hybridized carbons (Fsp3) is 0.800. The monoisotopic (exact) mass is 406 g/mol. The Hall–Kier alpha value is -2.00. The van der Waals surface area contributed by atoms with Crippen LogP contribution in [0, 0.1) is 5.92 Å².